The van der Waals surface area contributed by atoms with Gasteiger partial charge in [-0.2, -0.15) is 8.62 Å². The highest BCUT2D eigenvalue weighted by Crippen LogP contribution is 2.64. The van der Waals surface area contributed by atoms with Gasteiger partial charge in [0, 0.05) is 0 Å². The summed E-state index contributed by atoms with van der Waals surface area (Å²) in [4.78, 5) is 40.2. The monoisotopic (exact) mass is 364 g/mol. The van der Waals surface area contributed by atoms with Crippen LogP contribution in [-0.2, 0) is 22.3 Å². The molecule has 1 aromatic carbocycles. The lowest BCUT2D eigenvalue weighted by Gasteiger charge is -2.11. The summed E-state index contributed by atoms with van der Waals surface area (Å²) in [5.74, 6) is 0. The Morgan fingerprint density at radius 1 is 0.762 bits per heavy atom. The predicted octanol–water partition coefficient (Wildman–Crippen LogP) is 1.61. The molecular weight excluding hydrogens is 349 g/mol. The molecule has 0 saturated carbocycles. The summed E-state index contributed by atoms with van der Waals surface area (Å²) in [6.07, 6.45) is 0. The summed E-state index contributed by atoms with van der Waals surface area (Å²) >= 11 is 0. The molecule has 0 fully saturated rings. The highest BCUT2D eigenvalue weighted by molar-refractivity contribution is 7.66. The SMILES string of the molecule is Cc1ccccc1C.O=P(O)(O)OP(=O)(O)OP(=O)(O)O. The molecule has 0 atom stereocenters. The molecule has 0 saturated heterocycles. The maximum atomic E-state index is 10.4. The molecule has 0 radical (unpaired) electrons. The van der Waals surface area contributed by atoms with E-state index in [1.165, 1.54) is 11.1 Å². The van der Waals surface area contributed by atoms with Crippen molar-refractivity contribution in [2.75, 3.05) is 0 Å². The van der Waals surface area contributed by atoms with E-state index in [4.69, 9.17) is 24.5 Å². The van der Waals surface area contributed by atoms with E-state index < -0.39 is 23.5 Å². The lowest BCUT2D eigenvalue weighted by Crippen LogP contribution is -1.91. The van der Waals surface area contributed by atoms with Crippen molar-refractivity contribution in [3.05, 3.63) is 35.4 Å². The second kappa shape index (κ2) is 7.76. The van der Waals surface area contributed by atoms with Gasteiger partial charge in [0.25, 0.3) is 0 Å². The second-order valence-corrected chi connectivity index (χ2v) is 7.90. The van der Waals surface area contributed by atoms with Gasteiger partial charge in [0.15, 0.2) is 0 Å². The van der Waals surface area contributed by atoms with Crippen LogP contribution in [-0.4, -0.2) is 24.5 Å². The molecule has 0 aliphatic rings. The first-order valence-electron chi connectivity index (χ1n) is 5.11. The standard InChI is InChI=1S/C8H10.H5O10P3/c1-7-5-3-4-6-8(7)2;1-11(2,3)9-13(7,8)10-12(4,5)6/h3-6H,1-2H3;(H,7,8)(H2,1,2,3)(H2,4,5,6). The van der Waals surface area contributed by atoms with E-state index >= 15 is 0 Å². The number of hydrogen-bond donors (Lipinski definition) is 5. The molecule has 21 heavy (non-hydrogen) atoms. The molecule has 13 heteroatoms. The Bertz CT molecular complexity index is 553. The quantitative estimate of drug-likeness (QED) is 0.494. The molecule has 122 valence electrons. The van der Waals surface area contributed by atoms with Gasteiger partial charge >= 0.3 is 23.5 Å². The average molecular weight is 364 g/mol. The topological polar surface area (TPSA) is 171 Å². The fourth-order valence-corrected chi connectivity index (χ4v) is 3.48. The lowest BCUT2D eigenvalue weighted by atomic mass is 10.1. The van der Waals surface area contributed by atoms with Crippen LogP contribution in [0.15, 0.2) is 24.3 Å². The van der Waals surface area contributed by atoms with Crippen molar-refractivity contribution < 1.29 is 46.8 Å². The van der Waals surface area contributed by atoms with Crippen LogP contribution < -0.4 is 0 Å². The maximum absolute atomic E-state index is 10.4. The zero-order valence-corrected chi connectivity index (χ0v) is 13.6. The summed E-state index contributed by atoms with van der Waals surface area (Å²) in [6.45, 7) is 4.24. The highest BCUT2D eigenvalue weighted by Gasteiger charge is 2.38. The van der Waals surface area contributed by atoms with Crippen molar-refractivity contribution >= 4 is 23.5 Å². The molecule has 0 spiro atoms. The van der Waals surface area contributed by atoms with Crippen LogP contribution in [0.5, 0.6) is 0 Å². The molecule has 0 heterocycles. The normalized spacial score (nSPS) is 12.5. The van der Waals surface area contributed by atoms with Crippen molar-refractivity contribution in [2.45, 2.75) is 13.8 Å². The van der Waals surface area contributed by atoms with E-state index in [1.54, 1.807) is 0 Å². The van der Waals surface area contributed by atoms with Crippen LogP contribution in [0.25, 0.3) is 0 Å². The van der Waals surface area contributed by atoms with Crippen molar-refractivity contribution in [3.8, 4) is 0 Å². The molecular formula is C8H15O10P3. The van der Waals surface area contributed by atoms with E-state index in [9.17, 15) is 13.7 Å². The Kier molecular flexibility index (Phi) is 7.62. The fraction of sp³-hybridized carbons (Fsp3) is 0.250. The van der Waals surface area contributed by atoms with Gasteiger partial charge in [0.1, 0.15) is 0 Å². The summed E-state index contributed by atoms with van der Waals surface area (Å²) in [7, 11) is -16.2. The number of rotatable bonds is 4. The van der Waals surface area contributed by atoms with E-state index in [1.807, 2.05) is 0 Å². The van der Waals surface area contributed by atoms with Gasteiger partial charge < -0.3 is 24.5 Å². The molecule has 5 N–H and O–H groups in total. The van der Waals surface area contributed by atoms with Gasteiger partial charge in [-0.1, -0.05) is 24.3 Å². The van der Waals surface area contributed by atoms with Crippen LogP contribution in [0.3, 0.4) is 0 Å². The number of hydrogen-bond acceptors (Lipinski definition) is 5. The number of benzene rings is 1. The van der Waals surface area contributed by atoms with E-state index in [-0.39, 0.29) is 0 Å². The van der Waals surface area contributed by atoms with Crippen LogP contribution in [0.4, 0.5) is 0 Å². The Hall–Kier alpha value is -0.370. The summed E-state index contributed by atoms with van der Waals surface area (Å²) < 4.78 is 36.4. The van der Waals surface area contributed by atoms with Gasteiger partial charge in [0.2, 0.25) is 0 Å². The summed E-state index contributed by atoms with van der Waals surface area (Å²) in [5.41, 5.74) is 2.74. The minimum Gasteiger partial charge on any atom is -0.302 e. The third-order valence-electron chi connectivity index (χ3n) is 1.84. The largest absolute Gasteiger partial charge is 0.490 e. The highest BCUT2D eigenvalue weighted by atomic mass is 31.3. The molecule has 0 aliphatic carbocycles. The van der Waals surface area contributed by atoms with Crippen molar-refractivity contribution in [2.24, 2.45) is 0 Å². The molecule has 0 aliphatic heterocycles. The second-order valence-electron chi connectivity index (χ2n) is 3.70. The maximum Gasteiger partial charge on any atom is 0.490 e. The molecule has 0 aromatic heterocycles. The molecule has 1 aromatic rings. The zero-order valence-electron chi connectivity index (χ0n) is 10.9. The van der Waals surface area contributed by atoms with E-state index in [2.05, 4.69) is 46.7 Å². The molecule has 0 bridgehead atoms. The Morgan fingerprint density at radius 3 is 1.24 bits per heavy atom. The molecule has 0 amide bonds. The number of phosphoric acid groups is 3. The predicted molar refractivity (Wildman–Crippen MR) is 72.0 cm³/mol. The Morgan fingerprint density at radius 2 is 1.05 bits per heavy atom. The van der Waals surface area contributed by atoms with Crippen molar-refractivity contribution in [3.63, 3.8) is 0 Å². The van der Waals surface area contributed by atoms with Crippen LogP contribution in [0, 0.1) is 13.8 Å². The smallest absolute Gasteiger partial charge is 0.302 e. The van der Waals surface area contributed by atoms with E-state index in [0.717, 1.165) is 0 Å². The van der Waals surface area contributed by atoms with Crippen molar-refractivity contribution in [1.82, 2.24) is 0 Å². The van der Waals surface area contributed by atoms with Gasteiger partial charge in [-0.05, 0) is 25.0 Å². The Labute approximate surface area is 120 Å². The molecule has 0 unspecified atom stereocenters. The minimum atomic E-state index is -5.46. The third-order valence-corrected chi connectivity index (χ3v) is 5.20. The van der Waals surface area contributed by atoms with Gasteiger partial charge in [0.05, 0.1) is 0 Å². The fourth-order valence-electron chi connectivity index (χ4n) is 0.946. The summed E-state index contributed by atoms with van der Waals surface area (Å²) in [6, 6.07) is 8.36. The first kappa shape index (κ1) is 20.6. The average Bonchev–Trinajstić information content (AvgIpc) is 2.15. The number of aryl methyl sites for hydroxylation is 2. The summed E-state index contributed by atoms with van der Waals surface area (Å²) in [5, 5.41) is 0. The zero-order chi connectivity index (χ0) is 16.9. The third kappa shape index (κ3) is 11.9. The van der Waals surface area contributed by atoms with Gasteiger partial charge in [-0.15, -0.1) is 0 Å². The molecule has 1 rings (SSSR count). The van der Waals surface area contributed by atoms with Gasteiger partial charge in [-0.3, -0.25) is 0 Å². The van der Waals surface area contributed by atoms with Crippen LogP contribution >= 0.6 is 23.5 Å². The first-order chi connectivity index (χ1) is 9.22. The van der Waals surface area contributed by atoms with Crippen LogP contribution in [0.1, 0.15) is 11.1 Å². The van der Waals surface area contributed by atoms with E-state index in [0.29, 0.717) is 0 Å². The first-order valence-corrected chi connectivity index (χ1v) is 9.66. The lowest BCUT2D eigenvalue weighted by molar-refractivity contribution is 0.204. The minimum absolute atomic E-state index is 1.37. The van der Waals surface area contributed by atoms with Crippen LogP contribution in [0.2, 0.25) is 0 Å². The van der Waals surface area contributed by atoms with Gasteiger partial charge in [-0.25, -0.2) is 13.7 Å². The molecule has 10 nitrogen and oxygen atoms in total. The Balaban J connectivity index is 0.000000423. The van der Waals surface area contributed by atoms with Crippen molar-refractivity contribution in [1.29, 1.82) is 0 Å².